The second-order valence-corrected chi connectivity index (χ2v) is 6.15. The van der Waals surface area contributed by atoms with Gasteiger partial charge in [0.1, 0.15) is 0 Å². The molecule has 0 aliphatic rings. The van der Waals surface area contributed by atoms with E-state index >= 15 is 0 Å². The molecular formula is C16H9ClF3N3OS. The lowest BCUT2D eigenvalue weighted by atomic mass is 10.1. The van der Waals surface area contributed by atoms with Gasteiger partial charge < -0.3 is 0 Å². The van der Waals surface area contributed by atoms with Gasteiger partial charge in [0, 0.05) is 27.7 Å². The van der Waals surface area contributed by atoms with E-state index in [1.54, 1.807) is 24.3 Å². The number of benzene rings is 2. The second kappa shape index (κ2) is 6.81. The van der Waals surface area contributed by atoms with Crippen LogP contribution >= 0.6 is 23.1 Å². The lowest BCUT2D eigenvalue weighted by Gasteiger charge is -2.08. The summed E-state index contributed by atoms with van der Waals surface area (Å²) in [7, 11) is 0. The Kier molecular flexibility index (Phi) is 4.73. The van der Waals surface area contributed by atoms with Gasteiger partial charge in [-0.2, -0.15) is 22.5 Å². The van der Waals surface area contributed by atoms with Gasteiger partial charge in [-0.15, -0.1) is 0 Å². The third-order valence-corrected chi connectivity index (χ3v) is 4.05. The van der Waals surface area contributed by atoms with Crippen molar-refractivity contribution in [3.63, 3.8) is 0 Å². The van der Waals surface area contributed by atoms with Crippen LogP contribution in [0.1, 0.15) is 15.9 Å². The predicted octanol–water partition coefficient (Wildman–Crippen LogP) is 5.13. The van der Waals surface area contributed by atoms with Gasteiger partial charge in [0.05, 0.1) is 5.56 Å². The minimum atomic E-state index is -4.52. The van der Waals surface area contributed by atoms with Crippen molar-refractivity contribution in [1.29, 1.82) is 0 Å². The van der Waals surface area contributed by atoms with Crippen LogP contribution in [0, 0.1) is 0 Å². The number of anilines is 1. The van der Waals surface area contributed by atoms with Crippen molar-refractivity contribution in [1.82, 2.24) is 9.36 Å². The Morgan fingerprint density at radius 3 is 2.60 bits per heavy atom. The molecule has 2 aromatic carbocycles. The van der Waals surface area contributed by atoms with E-state index in [-0.39, 0.29) is 10.7 Å². The average Bonchev–Trinajstić information content (AvgIpc) is 3.03. The minimum absolute atomic E-state index is 0.116. The molecule has 0 radical (unpaired) electrons. The SMILES string of the molecule is O=C(Nc1nc(-c2cccc(Cl)c2)ns1)c1cccc(C(F)(F)F)c1. The number of hydrogen-bond donors (Lipinski definition) is 1. The van der Waals surface area contributed by atoms with E-state index in [0.717, 1.165) is 23.7 Å². The van der Waals surface area contributed by atoms with Crippen molar-refractivity contribution in [2.75, 3.05) is 5.32 Å². The van der Waals surface area contributed by atoms with Crippen LogP contribution in [-0.2, 0) is 6.18 Å². The number of halogens is 4. The van der Waals surface area contributed by atoms with Gasteiger partial charge in [-0.3, -0.25) is 10.1 Å². The van der Waals surface area contributed by atoms with E-state index in [1.807, 2.05) is 0 Å². The standard InChI is InChI=1S/C16H9ClF3N3OS/c17-12-6-2-3-9(8-12)13-21-15(25-23-13)22-14(24)10-4-1-5-11(7-10)16(18,19)20/h1-8H,(H,21,22,23,24). The number of carbonyl (C=O) groups is 1. The Bertz CT molecular complexity index is 927. The van der Waals surface area contributed by atoms with E-state index < -0.39 is 17.6 Å². The molecule has 0 aliphatic carbocycles. The highest BCUT2D eigenvalue weighted by atomic mass is 35.5. The van der Waals surface area contributed by atoms with Crippen LogP contribution in [0.2, 0.25) is 5.02 Å². The number of alkyl halides is 3. The van der Waals surface area contributed by atoms with Crippen LogP contribution in [0.3, 0.4) is 0 Å². The average molecular weight is 384 g/mol. The van der Waals surface area contributed by atoms with Crippen molar-refractivity contribution in [3.05, 3.63) is 64.7 Å². The van der Waals surface area contributed by atoms with Gasteiger partial charge in [0.15, 0.2) is 5.82 Å². The van der Waals surface area contributed by atoms with Crippen LogP contribution in [0.5, 0.6) is 0 Å². The van der Waals surface area contributed by atoms with Crippen molar-refractivity contribution in [3.8, 4) is 11.4 Å². The molecule has 1 N–H and O–H groups in total. The molecule has 3 aromatic rings. The molecule has 0 saturated heterocycles. The molecule has 0 aliphatic heterocycles. The fraction of sp³-hybridized carbons (Fsp3) is 0.0625. The van der Waals surface area contributed by atoms with E-state index in [1.165, 1.54) is 12.1 Å². The molecule has 4 nitrogen and oxygen atoms in total. The van der Waals surface area contributed by atoms with Crippen LogP contribution in [0.4, 0.5) is 18.3 Å². The molecule has 1 heterocycles. The van der Waals surface area contributed by atoms with Crippen molar-refractivity contribution in [2.24, 2.45) is 0 Å². The maximum absolute atomic E-state index is 12.7. The van der Waals surface area contributed by atoms with Crippen molar-refractivity contribution in [2.45, 2.75) is 6.18 Å². The molecule has 1 amide bonds. The number of carbonyl (C=O) groups excluding carboxylic acids is 1. The topological polar surface area (TPSA) is 54.9 Å². The molecule has 1 aromatic heterocycles. The van der Waals surface area contributed by atoms with Gasteiger partial charge in [-0.05, 0) is 30.3 Å². The first-order valence-electron chi connectivity index (χ1n) is 6.91. The molecule has 128 valence electrons. The third kappa shape index (κ3) is 4.15. The largest absolute Gasteiger partial charge is 0.416 e. The normalized spacial score (nSPS) is 11.4. The summed E-state index contributed by atoms with van der Waals surface area (Å²) in [5, 5.41) is 3.14. The maximum atomic E-state index is 12.7. The number of rotatable bonds is 3. The third-order valence-electron chi connectivity index (χ3n) is 3.18. The van der Waals surface area contributed by atoms with Gasteiger partial charge in [-0.1, -0.05) is 29.8 Å². The number of nitrogens with one attached hydrogen (secondary N) is 1. The molecule has 0 spiro atoms. The molecule has 0 atom stereocenters. The highest BCUT2D eigenvalue weighted by molar-refractivity contribution is 7.10. The molecular weight excluding hydrogens is 375 g/mol. The van der Waals surface area contributed by atoms with Gasteiger partial charge in [0.2, 0.25) is 5.13 Å². The Hall–Kier alpha value is -2.45. The summed E-state index contributed by atoms with van der Waals surface area (Å²) in [6.45, 7) is 0. The van der Waals surface area contributed by atoms with Crippen LogP contribution < -0.4 is 5.32 Å². The summed E-state index contributed by atoms with van der Waals surface area (Å²) < 4.78 is 42.3. The smallest absolute Gasteiger partial charge is 0.297 e. The number of nitrogens with zero attached hydrogens (tertiary/aromatic N) is 2. The zero-order valence-corrected chi connectivity index (χ0v) is 13.9. The Balaban J connectivity index is 1.78. The molecule has 9 heteroatoms. The van der Waals surface area contributed by atoms with E-state index in [4.69, 9.17) is 11.6 Å². The van der Waals surface area contributed by atoms with Gasteiger partial charge in [-0.25, -0.2) is 0 Å². The van der Waals surface area contributed by atoms with Crippen molar-refractivity contribution >= 4 is 34.2 Å². The molecule has 0 bridgehead atoms. The number of amides is 1. The first-order valence-corrected chi connectivity index (χ1v) is 8.06. The zero-order chi connectivity index (χ0) is 18.0. The van der Waals surface area contributed by atoms with E-state index in [9.17, 15) is 18.0 Å². The predicted molar refractivity (Wildman–Crippen MR) is 89.8 cm³/mol. The van der Waals surface area contributed by atoms with Gasteiger partial charge in [0.25, 0.3) is 5.91 Å². The Morgan fingerprint density at radius 1 is 1.12 bits per heavy atom. The Labute approximate surface area is 149 Å². The van der Waals surface area contributed by atoms with Crippen LogP contribution in [0.25, 0.3) is 11.4 Å². The summed E-state index contributed by atoms with van der Waals surface area (Å²) in [5.41, 5.74) is -0.338. The summed E-state index contributed by atoms with van der Waals surface area (Å²) >= 11 is 6.83. The molecule has 0 fully saturated rings. The van der Waals surface area contributed by atoms with Crippen LogP contribution in [-0.4, -0.2) is 15.3 Å². The first kappa shape index (κ1) is 17.4. The lowest BCUT2D eigenvalue weighted by molar-refractivity contribution is -0.137. The molecule has 3 rings (SSSR count). The minimum Gasteiger partial charge on any atom is -0.297 e. The second-order valence-electron chi connectivity index (χ2n) is 4.97. The highest BCUT2D eigenvalue weighted by Crippen LogP contribution is 2.30. The van der Waals surface area contributed by atoms with Crippen molar-refractivity contribution < 1.29 is 18.0 Å². The summed E-state index contributed by atoms with van der Waals surface area (Å²) in [4.78, 5) is 16.3. The number of hydrogen-bond acceptors (Lipinski definition) is 4. The summed E-state index contributed by atoms with van der Waals surface area (Å²) in [6.07, 6.45) is -4.52. The summed E-state index contributed by atoms with van der Waals surface area (Å²) in [5.74, 6) is -0.327. The summed E-state index contributed by atoms with van der Waals surface area (Å²) in [6, 6.07) is 11.0. The molecule has 0 unspecified atom stereocenters. The van der Waals surface area contributed by atoms with Crippen LogP contribution in [0.15, 0.2) is 48.5 Å². The maximum Gasteiger partial charge on any atom is 0.416 e. The fourth-order valence-corrected chi connectivity index (χ4v) is 2.80. The quantitative estimate of drug-likeness (QED) is 0.682. The Morgan fingerprint density at radius 2 is 1.88 bits per heavy atom. The monoisotopic (exact) mass is 383 g/mol. The van der Waals surface area contributed by atoms with Gasteiger partial charge >= 0.3 is 6.18 Å². The zero-order valence-electron chi connectivity index (χ0n) is 12.3. The lowest BCUT2D eigenvalue weighted by Crippen LogP contribution is -2.13. The molecule has 0 saturated carbocycles. The fourth-order valence-electron chi connectivity index (χ4n) is 2.03. The van der Waals surface area contributed by atoms with E-state index in [0.29, 0.717) is 16.4 Å². The molecule has 25 heavy (non-hydrogen) atoms. The number of aromatic nitrogens is 2. The van der Waals surface area contributed by atoms with E-state index in [2.05, 4.69) is 14.7 Å². The first-order chi connectivity index (χ1) is 11.8. The highest BCUT2D eigenvalue weighted by Gasteiger charge is 2.31.